The predicted molar refractivity (Wildman–Crippen MR) is 126 cm³/mol. The van der Waals surface area contributed by atoms with Gasteiger partial charge in [0.15, 0.2) is 5.11 Å². The molecular formula is C23H22N4O6S. The number of nitro groups is 1. The molecule has 11 heteroatoms. The lowest BCUT2D eigenvalue weighted by molar-refractivity contribution is -0.384. The quantitative estimate of drug-likeness (QED) is 0.220. The van der Waals surface area contributed by atoms with Gasteiger partial charge in [0, 0.05) is 18.8 Å². The molecule has 0 aliphatic carbocycles. The van der Waals surface area contributed by atoms with Gasteiger partial charge >= 0.3 is 5.97 Å². The molecule has 34 heavy (non-hydrogen) atoms. The standard InChI is InChI=1S/C23H22N4O6S/c1-31-19-13-14(27(29)30)6-7-15(19)17-8-9-18(33-17)22-21(16-5-3-4-11-24-16)25-23(34)26(22)12-10-20(28)32-2/h3-9,11,13,21-22H,10,12H2,1-2H3,(H,25,34)/t21-,22-/m1/s1. The van der Waals surface area contributed by atoms with Gasteiger partial charge in [0.05, 0.1) is 48.9 Å². The summed E-state index contributed by atoms with van der Waals surface area (Å²) in [6.45, 7) is 0.323. The number of nitrogens with one attached hydrogen (secondary N) is 1. The molecule has 0 bridgehead atoms. The Morgan fingerprint density at radius 3 is 2.76 bits per heavy atom. The second-order valence-corrected chi connectivity index (χ2v) is 7.88. The average Bonchev–Trinajstić information content (AvgIpc) is 3.46. The molecule has 0 unspecified atom stereocenters. The molecule has 2 atom stereocenters. The second kappa shape index (κ2) is 9.87. The van der Waals surface area contributed by atoms with Crippen molar-refractivity contribution < 1.29 is 23.6 Å². The van der Waals surface area contributed by atoms with Gasteiger partial charge < -0.3 is 24.1 Å². The number of hydrogen-bond donors (Lipinski definition) is 1. The fraction of sp³-hybridized carbons (Fsp3) is 0.261. The van der Waals surface area contributed by atoms with E-state index in [0.29, 0.717) is 34.5 Å². The third kappa shape index (κ3) is 4.55. The number of methoxy groups -OCH3 is 2. The highest BCUT2D eigenvalue weighted by Gasteiger charge is 2.41. The first-order valence-corrected chi connectivity index (χ1v) is 10.8. The van der Waals surface area contributed by atoms with Crippen LogP contribution in [-0.2, 0) is 9.53 Å². The molecule has 0 spiro atoms. The molecule has 1 aliphatic heterocycles. The van der Waals surface area contributed by atoms with Crippen molar-refractivity contribution in [1.82, 2.24) is 15.2 Å². The van der Waals surface area contributed by atoms with Crippen LogP contribution in [0.2, 0.25) is 0 Å². The van der Waals surface area contributed by atoms with Gasteiger partial charge in [-0.25, -0.2) is 0 Å². The van der Waals surface area contributed by atoms with Crippen LogP contribution >= 0.6 is 12.2 Å². The van der Waals surface area contributed by atoms with E-state index >= 15 is 0 Å². The largest absolute Gasteiger partial charge is 0.496 e. The maximum Gasteiger partial charge on any atom is 0.307 e. The van der Waals surface area contributed by atoms with Crippen LogP contribution in [0.1, 0.15) is 30.0 Å². The van der Waals surface area contributed by atoms with E-state index in [-0.39, 0.29) is 30.2 Å². The van der Waals surface area contributed by atoms with Gasteiger partial charge in [-0.15, -0.1) is 0 Å². The van der Waals surface area contributed by atoms with E-state index in [1.54, 1.807) is 18.3 Å². The van der Waals surface area contributed by atoms with Gasteiger partial charge in [-0.05, 0) is 42.5 Å². The molecule has 0 saturated carbocycles. The van der Waals surface area contributed by atoms with Crippen LogP contribution in [0.5, 0.6) is 5.75 Å². The SMILES string of the molecule is COC(=O)CCN1C(=S)N[C@H](c2ccccn2)[C@H]1c1ccc(-c2ccc([N+](=O)[O-])cc2OC)o1. The summed E-state index contributed by atoms with van der Waals surface area (Å²) in [5.41, 5.74) is 1.26. The molecule has 1 aliphatic rings. The lowest BCUT2D eigenvalue weighted by Gasteiger charge is -2.25. The summed E-state index contributed by atoms with van der Waals surface area (Å²) in [5.74, 6) is 1.04. The molecule has 10 nitrogen and oxygen atoms in total. The highest BCUT2D eigenvalue weighted by molar-refractivity contribution is 7.80. The summed E-state index contributed by atoms with van der Waals surface area (Å²) in [7, 11) is 2.78. The smallest absolute Gasteiger partial charge is 0.307 e. The third-order valence-corrected chi connectivity index (χ3v) is 5.91. The van der Waals surface area contributed by atoms with Crippen molar-refractivity contribution in [3.05, 3.63) is 76.3 Å². The van der Waals surface area contributed by atoms with Gasteiger partial charge in [-0.1, -0.05) is 6.07 Å². The summed E-state index contributed by atoms with van der Waals surface area (Å²) in [4.78, 5) is 28.8. The fourth-order valence-electron chi connectivity index (χ4n) is 3.92. The van der Waals surface area contributed by atoms with E-state index in [1.165, 1.54) is 26.4 Å². The number of nitrogens with zero attached hydrogens (tertiary/aromatic N) is 3. The van der Waals surface area contributed by atoms with Gasteiger partial charge in [0.25, 0.3) is 5.69 Å². The summed E-state index contributed by atoms with van der Waals surface area (Å²) in [6.07, 6.45) is 1.84. The van der Waals surface area contributed by atoms with Gasteiger partial charge in [0.2, 0.25) is 0 Å². The third-order valence-electron chi connectivity index (χ3n) is 5.56. The molecule has 2 aromatic heterocycles. The van der Waals surface area contributed by atoms with E-state index in [4.69, 9.17) is 26.1 Å². The number of carbonyl (C=O) groups excluding carboxylic acids is 1. The van der Waals surface area contributed by atoms with Crippen molar-refractivity contribution in [3.8, 4) is 17.1 Å². The first-order valence-electron chi connectivity index (χ1n) is 10.4. The Labute approximate surface area is 200 Å². The first-order chi connectivity index (χ1) is 16.4. The Bertz CT molecular complexity index is 1220. The molecule has 0 radical (unpaired) electrons. The number of thiocarbonyl (C=S) groups is 1. The number of hydrogen-bond acceptors (Lipinski definition) is 8. The zero-order chi connectivity index (χ0) is 24.2. The lowest BCUT2D eigenvalue weighted by Crippen LogP contribution is -2.31. The van der Waals surface area contributed by atoms with Gasteiger partial charge in [-0.3, -0.25) is 19.9 Å². The summed E-state index contributed by atoms with van der Waals surface area (Å²) < 4.78 is 16.4. The maximum absolute atomic E-state index is 11.8. The number of aromatic nitrogens is 1. The van der Waals surface area contributed by atoms with Crippen LogP contribution in [-0.4, -0.2) is 46.7 Å². The van der Waals surface area contributed by atoms with Crippen molar-refractivity contribution in [2.75, 3.05) is 20.8 Å². The fourth-order valence-corrected chi connectivity index (χ4v) is 4.25. The van der Waals surface area contributed by atoms with Crippen molar-refractivity contribution in [3.63, 3.8) is 0 Å². The number of carbonyl (C=O) groups is 1. The first kappa shape index (κ1) is 23.2. The average molecular weight is 483 g/mol. The number of ether oxygens (including phenoxy) is 2. The highest BCUT2D eigenvalue weighted by atomic mass is 32.1. The zero-order valence-electron chi connectivity index (χ0n) is 18.5. The number of pyridine rings is 1. The minimum atomic E-state index is -0.484. The number of furan rings is 1. The number of nitro benzene ring substituents is 1. The Morgan fingerprint density at radius 2 is 2.09 bits per heavy atom. The van der Waals surface area contributed by atoms with E-state index in [0.717, 1.165) is 5.69 Å². The van der Waals surface area contributed by atoms with E-state index in [2.05, 4.69) is 10.3 Å². The maximum atomic E-state index is 11.8. The molecule has 1 saturated heterocycles. The van der Waals surface area contributed by atoms with Crippen molar-refractivity contribution in [2.45, 2.75) is 18.5 Å². The number of non-ortho nitro benzene ring substituents is 1. The van der Waals surface area contributed by atoms with Crippen LogP contribution in [0.4, 0.5) is 5.69 Å². The van der Waals surface area contributed by atoms with Gasteiger partial charge in [-0.2, -0.15) is 0 Å². The molecule has 1 aromatic carbocycles. The van der Waals surface area contributed by atoms with Crippen LogP contribution in [0.25, 0.3) is 11.3 Å². The Morgan fingerprint density at radius 1 is 1.26 bits per heavy atom. The number of esters is 1. The molecule has 1 N–H and O–H groups in total. The molecule has 1 fully saturated rings. The predicted octanol–water partition coefficient (Wildman–Crippen LogP) is 3.79. The summed E-state index contributed by atoms with van der Waals surface area (Å²) in [5, 5.41) is 14.9. The normalized spacial score (nSPS) is 17.4. The molecular weight excluding hydrogens is 460 g/mol. The van der Waals surface area contributed by atoms with E-state index < -0.39 is 4.92 Å². The minimum absolute atomic E-state index is 0.0816. The number of benzene rings is 1. The summed E-state index contributed by atoms with van der Waals surface area (Å²) >= 11 is 5.57. The van der Waals surface area contributed by atoms with Crippen molar-refractivity contribution >= 4 is 29.0 Å². The second-order valence-electron chi connectivity index (χ2n) is 7.49. The van der Waals surface area contributed by atoms with Crippen LogP contribution in [0.3, 0.4) is 0 Å². The molecule has 4 rings (SSSR count). The monoisotopic (exact) mass is 482 g/mol. The molecule has 3 aromatic rings. The Kier molecular flexibility index (Phi) is 6.73. The minimum Gasteiger partial charge on any atom is -0.496 e. The Hall–Kier alpha value is -3.99. The van der Waals surface area contributed by atoms with Crippen molar-refractivity contribution in [1.29, 1.82) is 0 Å². The highest BCUT2D eigenvalue weighted by Crippen LogP contribution is 2.42. The van der Waals surface area contributed by atoms with Crippen LogP contribution in [0, 0.1) is 10.1 Å². The topological polar surface area (TPSA) is 120 Å². The summed E-state index contributed by atoms with van der Waals surface area (Å²) in [6, 6.07) is 12.8. The van der Waals surface area contributed by atoms with Gasteiger partial charge in [0.1, 0.15) is 23.3 Å². The molecule has 176 valence electrons. The van der Waals surface area contributed by atoms with Crippen LogP contribution < -0.4 is 10.1 Å². The van der Waals surface area contributed by atoms with E-state index in [1.807, 2.05) is 29.2 Å². The van der Waals surface area contributed by atoms with Crippen LogP contribution in [0.15, 0.2) is 59.1 Å². The molecule has 0 amide bonds. The van der Waals surface area contributed by atoms with Crippen molar-refractivity contribution in [2.24, 2.45) is 0 Å². The zero-order valence-corrected chi connectivity index (χ0v) is 19.3. The Balaban J connectivity index is 1.71. The number of rotatable bonds is 8. The molecule has 3 heterocycles. The van der Waals surface area contributed by atoms with E-state index in [9.17, 15) is 14.9 Å². The lowest BCUT2D eigenvalue weighted by atomic mass is 10.0.